The summed E-state index contributed by atoms with van der Waals surface area (Å²) in [6.45, 7) is 1.83. The van der Waals surface area contributed by atoms with Crippen molar-refractivity contribution in [2.24, 2.45) is 0 Å². The van der Waals surface area contributed by atoms with Gasteiger partial charge in [-0.1, -0.05) is 23.9 Å². The first-order chi connectivity index (χ1) is 12.5. The maximum Gasteiger partial charge on any atom is 0.230 e. The highest BCUT2D eigenvalue weighted by molar-refractivity contribution is 7.99. The second-order valence-electron chi connectivity index (χ2n) is 5.52. The summed E-state index contributed by atoms with van der Waals surface area (Å²) < 4.78 is 14.5. The molecule has 1 aromatic heterocycles. The number of tetrazole rings is 1. The summed E-state index contributed by atoms with van der Waals surface area (Å²) in [5.74, 6) is -0.231. The van der Waals surface area contributed by atoms with Gasteiger partial charge in [0.15, 0.2) is 0 Å². The van der Waals surface area contributed by atoms with Crippen molar-refractivity contribution >= 4 is 17.7 Å². The van der Waals surface area contributed by atoms with Crippen LogP contribution in [0.15, 0.2) is 53.7 Å². The highest BCUT2D eigenvalue weighted by Gasteiger charge is 2.14. The monoisotopic (exact) mass is 373 g/mol. The number of aromatic nitrogens is 4. The fourth-order valence-corrected chi connectivity index (χ4v) is 2.97. The molecule has 0 aliphatic carbocycles. The minimum Gasteiger partial charge on any atom is -0.508 e. The van der Waals surface area contributed by atoms with Crippen LogP contribution in [0.5, 0.6) is 5.75 Å². The van der Waals surface area contributed by atoms with E-state index in [1.807, 2.05) is 6.92 Å². The number of carbonyl (C=O) groups excluding carboxylic acids is 1. The molecule has 1 heterocycles. The first-order valence-electron chi connectivity index (χ1n) is 7.78. The average molecular weight is 373 g/mol. The van der Waals surface area contributed by atoms with Gasteiger partial charge < -0.3 is 10.4 Å². The van der Waals surface area contributed by atoms with E-state index in [1.54, 1.807) is 24.3 Å². The standard InChI is InChI=1S/C17H16FN5O2S/c1-11(12-2-4-13(18)5-3-12)19-16(25)10-26-17-20-21-22-23(17)14-6-8-15(24)9-7-14/h2-9,11,24H,10H2,1H3,(H,19,25). The van der Waals surface area contributed by atoms with Gasteiger partial charge in [-0.15, -0.1) is 5.10 Å². The number of phenolic OH excluding ortho intramolecular Hbond substituents is 1. The number of thioether (sulfide) groups is 1. The number of hydrogen-bond donors (Lipinski definition) is 2. The van der Waals surface area contributed by atoms with E-state index >= 15 is 0 Å². The number of amides is 1. The molecule has 0 radical (unpaired) electrons. The zero-order valence-corrected chi connectivity index (χ0v) is 14.7. The largest absolute Gasteiger partial charge is 0.508 e. The first-order valence-corrected chi connectivity index (χ1v) is 8.77. The van der Waals surface area contributed by atoms with Gasteiger partial charge in [-0.05, 0) is 59.3 Å². The predicted octanol–water partition coefficient (Wildman–Crippen LogP) is 2.48. The minimum atomic E-state index is -0.316. The Hall–Kier alpha value is -2.94. The number of hydrogen-bond acceptors (Lipinski definition) is 6. The normalized spacial score (nSPS) is 11.9. The van der Waals surface area contributed by atoms with E-state index < -0.39 is 0 Å². The molecule has 0 bridgehead atoms. The number of phenols is 1. The van der Waals surface area contributed by atoms with Crippen LogP contribution in [0.1, 0.15) is 18.5 Å². The Bertz CT molecular complexity index is 883. The summed E-state index contributed by atoms with van der Waals surface area (Å²) in [5.41, 5.74) is 1.49. The highest BCUT2D eigenvalue weighted by Crippen LogP contribution is 2.20. The van der Waals surface area contributed by atoms with Crippen molar-refractivity contribution in [3.8, 4) is 11.4 Å². The lowest BCUT2D eigenvalue weighted by molar-refractivity contribution is -0.119. The molecular weight excluding hydrogens is 357 g/mol. The fraction of sp³-hybridized carbons (Fsp3) is 0.176. The Balaban J connectivity index is 1.59. The molecule has 0 aliphatic heterocycles. The van der Waals surface area contributed by atoms with Crippen LogP contribution in [0.4, 0.5) is 4.39 Å². The molecule has 134 valence electrons. The molecule has 3 rings (SSSR count). The van der Waals surface area contributed by atoms with Crippen molar-refractivity contribution in [1.82, 2.24) is 25.5 Å². The number of rotatable bonds is 6. The lowest BCUT2D eigenvalue weighted by Gasteiger charge is -2.14. The van der Waals surface area contributed by atoms with Crippen LogP contribution in [0, 0.1) is 5.82 Å². The van der Waals surface area contributed by atoms with Crippen LogP contribution in [0.3, 0.4) is 0 Å². The number of benzene rings is 2. The maximum atomic E-state index is 13.0. The Morgan fingerprint density at radius 2 is 1.92 bits per heavy atom. The van der Waals surface area contributed by atoms with Gasteiger partial charge in [-0.25, -0.2) is 4.39 Å². The van der Waals surface area contributed by atoms with Gasteiger partial charge in [-0.2, -0.15) is 4.68 Å². The summed E-state index contributed by atoms with van der Waals surface area (Å²) in [4.78, 5) is 12.2. The van der Waals surface area contributed by atoms with Gasteiger partial charge in [0, 0.05) is 0 Å². The topological polar surface area (TPSA) is 92.9 Å². The van der Waals surface area contributed by atoms with Crippen LogP contribution < -0.4 is 5.32 Å². The SMILES string of the molecule is CC(NC(=O)CSc1nnnn1-c1ccc(O)cc1)c1ccc(F)cc1. The second kappa shape index (κ2) is 7.96. The van der Waals surface area contributed by atoms with Crippen LogP contribution in [0.25, 0.3) is 5.69 Å². The van der Waals surface area contributed by atoms with Crippen molar-refractivity contribution < 1.29 is 14.3 Å². The van der Waals surface area contributed by atoms with E-state index in [2.05, 4.69) is 20.8 Å². The van der Waals surface area contributed by atoms with Gasteiger partial charge in [0.25, 0.3) is 0 Å². The second-order valence-corrected chi connectivity index (χ2v) is 6.46. The van der Waals surface area contributed by atoms with Crippen molar-refractivity contribution in [3.05, 3.63) is 59.9 Å². The van der Waals surface area contributed by atoms with Gasteiger partial charge in [0.1, 0.15) is 11.6 Å². The summed E-state index contributed by atoms with van der Waals surface area (Å²) in [6, 6.07) is 12.2. The molecule has 0 saturated carbocycles. The minimum absolute atomic E-state index is 0.129. The molecule has 0 saturated heterocycles. The predicted molar refractivity (Wildman–Crippen MR) is 94.5 cm³/mol. The lowest BCUT2D eigenvalue weighted by Crippen LogP contribution is -2.28. The van der Waals surface area contributed by atoms with E-state index in [4.69, 9.17) is 0 Å². The fourth-order valence-electron chi connectivity index (χ4n) is 2.27. The third-order valence-electron chi connectivity index (χ3n) is 3.62. The molecule has 0 aliphatic rings. The average Bonchev–Trinajstić information content (AvgIpc) is 3.09. The summed E-state index contributed by atoms with van der Waals surface area (Å²) in [6.07, 6.45) is 0. The van der Waals surface area contributed by atoms with Crippen LogP contribution >= 0.6 is 11.8 Å². The Morgan fingerprint density at radius 1 is 1.23 bits per heavy atom. The number of carbonyl (C=O) groups is 1. The Kier molecular flexibility index (Phi) is 5.47. The molecular formula is C17H16FN5O2S. The number of halogens is 1. The van der Waals surface area contributed by atoms with E-state index in [-0.39, 0.29) is 29.3 Å². The lowest BCUT2D eigenvalue weighted by atomic mass is 10.1. The summed E-state index contributed by atoms with van der Waals surface area (Å²) in [7, 11) is 0. The zero-order chi connectivity index (χ0) is 18.5. The molecule has 1 atom stereocenters. The van der Waals surface area contributed by atoms with Gasteiger partial charge >= 0.3 is 0 Å². The quantitative estimate of drug-likeness (QED) is 0.645. The van der Waals surface area contributed by atoms with Crippen LogP contribution in [0.2, 0.25) is 0 Å². The molecule has 2 N–H and O–H groups in total. The van der Waals surface area contributed by atoms with Crippen LogP contribution in [-0.2, 0) is 4.79 Å². The third-order valence-corrected chi connectivity index (χ3v) is 4.53. The van der Waals surface area contributed by atoms with E-state index in [9.17, 15) is 14.3 Å². The van der Waals surface area contributed by atoms with E-state index in [1.165, 1.54) is 40.7 Å². The Labute approximate surface area is 153 Å². The van der Waals surface area contributed by atoms with Crippen LogP contribution in [-0.4, -0.2) is 37.0 Å². The molecule has 0 spiro atoms. The Morgan fingerprint density at radius 3 is 2.62 bits per heavy atom. The van der Waals surface area contributed by atoms with E-state index in [0.717, 1.165) is 5.56 Å². The van der Waals surface area contributed by atoms with Crippen molar-refractivity contribution in [2.45, 2.75) is 18.1 Å². The summed E-state index contributed by atoms with van der Waals surface area (Å²) in [5, 5.41) is 24.1. The van der Waals surface area contributed by atoms with Gasteiger partial charge in [0.05, 0.1) is 17.5 Å². The number of nitrogens with zero attached hydrogens (tertiary/aromatic N) is 4. The van der Waals surface area contributed by atoms with Crippen molar-refractivity contribution in [3.63, 3.8) is 0 Å². The molecule has 1 unspecified atom stereocenters. The van der Waals surface area contributed by atoms with Crippen molar-refractivity contribution in [2.75, 3.05) is 5.75 Å². The molecule has 1 amide bonds. The molecule has 3 aromatic rings. The molecule has 9 heteroatoms. The van der Waals surface area contributed by atoms with E-state index in [0.29, 0.717) is 10.8 Å². The molecule has 26 heavy (non-hydrogen) atoms. The number of nitrogens with one attached hydrogen (secondary N) is 1. The van der Waals surface area contributed by atoms with Gasteiger partial charge in [0.2, 0.25) is 11.1 Å². The first kappa shape index (κ1) is 17.9. The zero-order valence-electron chi connectivity index (χ0n) is 13.8. The maximum absolute atomic E-state index is 13.0. The highest BCUT2D eigenvalue weighted by atomic mass is 32.2. The van der Waals surface area contributed by atoms with Gasteiger partial charge in [-0.3, -0.25) is 4.79 Å². The molecule has 2 aromatic carbocycles. The van der Waals surface area contributed by atoms with Crippen molar-refractivity contribution in [1.29, 1.82) is 0 Å². The third kappa shape index (κ3) is 4.37. The molecule has 0 fully saturated rings. The number of aromatic hydroxyl groups is 1. The molecule has 7 nitrogen and oxygen atoms in total. The smallest absolute Gasteiger partial charge is 0.230 e. The summed E-state index contributed by atoms with van der Waals surface area (Å²) >= 11 is 1.19.